The first kappa shape index (κ1) is 32.8. The predicted octanol–water partition coefficient (Wildman–Crippen LogP) is 4.80. The number of carboxylic acids is 1. The van der Waals surface area contributed by atoms with Gasteiger partial charge in [0, 0.05) is 56.8 Å². The summed E-state index contributed by atoms with van der Waals surface area (Å²) in [4.78, 5) is 38.3. The van der Waals surface area contributed by atoms with Crippen LogP contribution in [0.2, 0.25) is 0 Å². The second-order valence-electron chi connectivity index (χ2n) is 13.8. The Morgan fingerprint density at radius 3 is 2.42 bits per heavy atom. The van der Waals surface area contributed by atoms with Crippen LogP contribution in [-0.2, 0) is 16.1 Å². The molecule has 1 spiro atoms. The highest BCUT2D eigenvalue weighted by Crippen LogP contribution is 2.34. The average Bonchev–Trinajstić information content (AvgIpc) is 2.99. The van der Waals surface area contributed by atoms with Crippen LogP contribution in [0, 0.1) is 17.0 Å². The van der Waals surface area contributed by atoms with Gasteiger partial charge in [-0.2, -0.15) is 0 Å². The van der Waals surface area contributed by atoms with Gasteiger partial charge in [0.2, 0.25) is 5.91 Å². The Kier molecular flexibility index (Phi) is 10.4. The molecule has 0 radical (unpaired) electrons. The number of likely N-dealkylation sites (tertiary alicyclic amines) is 1. The van der Waals surface area contributed by atoms with Gasteiger partial charge in [0.05, 0.1) is 17.8 Å². The Balaban J connectivity index is 1.15. The molecule has 10 nitrogen and oxygen atoms in total. The molecule has 5 rings (SSSR count). The van der Waals surface area contributed by atoms with Crippen LogP contribution in [-0.4, -0.2) is 83.2 Å². The van der Waals surface area contributed by atoms with Crippen molar-refractivity contribution < 1.29 is 23.5 Å². The Hall–Kier alpha value is -3.54. The first-order valence-electron chi connectivity index (χ1n) is 16.3. The molecule has 0 saturated carbocycles. The van der Waals surface area contributed by atoms with Gasteiger partial charge in [-0.05, 0) is 63.1 Å². The molecule has 246 valence electrons. The Bertz CT molecular complexity index is 1340. The molecule has 1 amide bonds. The van der Waals surface area contributed by atoms with Gasteiger partial charge in [-0.25, -0.2) is 18.7 Å². The molecule has 3 fully saturated rings. The number of nitrogens with one attached hydrogen (secondary N) is 2. The third-order valence-corrected chi connectivity index (χ3v) is 9.61. The van der Waals surface area contributed by atoms with E-state index in [4.69, 9.17) is 5.11 Å². The van der Waals surface area contributed by atoms with Crippen molar-refractivity contribution in [3.63, 3.8) is 0 Å². The van der Waals surface area contributed by atoms with E-state index in [-0.39, 0.29) is 30.0 Å². The molecule has 2 aromatic rings. The molecule has 0 bridgehead atoms. The van der Waals surface area contributed by atoms with Crippen LogP contribution in [0.1, 0.15) is 77.2 Å². The zero-order chi connectivity index (χ0) is 32.0. The van der Waals surface area contributed by atoms with Crippen LogP contribution in [0.5, 0.6) is 0 Å². The van der Waals surface area contributed by atoms with E-state index in [1.807, 2.05) is 6.07 Å². The fourth-order valence-corrected chi connectivity index (χ4v) is 6.67. The standard InChI is InChI=1S/C33H47F2N7O3/c1-32(2)8-13-40(14-9-32)20-24-17-26(35)27(18-25(24)34)42-21-30(43)39-33(22-42)10-15-41(16-11-33)29-19-28(37-23-38-29)36-12-6-4-3-5-7-31(44)45/h17-19,23H,3-16,20-22H2,1-2H3,(H,39,43)(H,44,45)(H,36,37,38). The maximum Gasteiger partial charge on any atom is 0.303 e. The summed E-state index contributed by atoms with van der Waals surface area (Å²) < 4.78 is 30.8. The normalized spacial score (nSPS) is 19.9. The number of aliphatic carboxylic acids is 1. The van der Waals surface area contributed by atoms with Crippen LogP contribution in [0.3, 0.4) is 0 Å². The average molecular weight is 628 g/mol. The van der Waals surface area contributed by atoms with E-state index in [0.717, 1.165) is 63.4 Å². The summed E-state index contributed by atoms with van der Waals surface area (Å²) in [5, 5.41) is 15.2. The van der Waals surface area contributed by atoms with Gasteiger partial charge in [-0.3, -0.25) is 14.5 Å². The lowest BCUT2D eigenvalue weighted by Crippen LogP contribution is -2.66. The summed E-state index contributed by atoms with van der Waals surface area (Å²) in [6.45, 7) is 9.04. The number of hydrogen-bond donors (Lipinski definition) is 3. The minimum atomic E-state index is -0.754. The number of nitrogens with zero attached hydrogens (tertiary/aromatic N) is 5. The highest BCUT2D eigenvalue weighted by atomic mass is 19.1. The number of carbonyl (C=O) groups excluding carboxylic acids is 1. The summed E-state index contributed by atoms with van der Waals surface area (Å²) >= 11 is 0. The van der Waals surface area contributed by atoms with Gasteiger partial charge < -0.3 is 25.5 Å². The lowest BCUT2D eigenvalue weighted by atomic mass is 9.82. The Morgan fingerprint density at radius 1 is 0.956 bits per heavy atom. The molecular weight excluding hydrogens is 580 g/mol. The number of halogens is 2. The quantitative estimate of drug-likeness (QED) is 0.286. The van der Waals surface area contributed by atoms with E-state index < -0.39 is 23.1 Å². The predicted molar refractivity (Wildman–Crippen MR) is 170 cm³/mol. The van der Waals surface area contributed by atoms with Crippen molar-refractivity contribution in [1.82, 2.24) is 20.2 Å². The molecule has 3 saturated heterocycles. The SMILES string of the molecule is CC1(C)CCN(Cc2cc(F)c(N3CC(=O)NC4(CCN(c5cc(NCCCCCCC(=O)O)ncn5)CC4)C3)cc2F)CC1. The van der Waals surface area contributed by atoms with E-state index in [1.165, 1.54) is 18.5 Å². The van der Waals surface area contributed by atoms with Crippen molar-refractivity contribution in [2.45, 2.75) is 83.7 Å². The van der Waals surface area contributed by atoms with Gasteiger partial charge in [-0.15, -0.1) is 0 Å². The third kappa shape index (κ3) is 8.80. The van der Waals surface area contributed by atoms with E-state index in [9.17, 15) is 9.59 Å². The van der Waals surface area contributed by atoms with Crippen LogP contribution < -0.4 is 20.4 Å². The summed E-state index contributed by atoms with van der Waals surface area (Å²) in [5.41, 5.74) is 0.242. The van der Waals surface area contributed by atoms with Crippen LogP contribution in [0.4, 0.5) is 26.1 Å². The fourth-order valence-electron chi connectivity index (χ4n) is 6.67. The zero-order valence-corrected chi connectivity index (χ0v) is 26.6. The number of aromatic nitrogens is 2. The number of rotatable bonds is 12. The minimum absolute atomic E-state index is 0.0110. The molecule has 3 aliphatic rings. The summed E-state index contributed by atoms with van der Waals surface area (Å²) in [6.07, 6.45) is 8.55. The number of piperidine rings is 2. The van der Waals surface area contributed by atoms with Crippen molar-refractivity contribution in [3.05, 3.63) is 41.7 Å². The number of carbonyl (C=O) groups is 2. The smallest absolute Gasteiger partial charge is 0.303 e. The number of benzene rings is 1. The van der Waals surface area contributed by atoms with Gasteiger partial charge >= 0.3 is 5.97 Å². The lowest BCUT2D eigenvalue weighted by molar-refractivity contribution is -0.137. The second-order valence-corrected chi connectivity index (χ2v) is 13.8. The third-order valence-electron chi connectivity index (χ3n) is 9.61. The molecule has 45 heavy (non-hydrogen) atoms. The Morgan fingerprint density at radius 2 is 1.69 bits per heavy atom. The molecule has 0 atom stereocenters. The maximum absolute atomic E-state index is 15.5. The van der Waals surface area contributed by atoms with E-state index >= 15 is 8.78 Å². The Labute approximate surface area is 264 Å². The summed E-state index contributed by atoms with van der Waals surface area (Å²) in [7, 11) is 0. The number of amides is 1. The van der Waals surface area contributed by atoms with Gasteiger partial charge in [0.25, 0.3) is 0 Å². The van der Waals surface area contributed by atoms with Crippen molar-refractivity contribution >= 4 is 29.2 Å². The molecular formula is C33H47F2N7O3. The van der Waals surface area contributed by atoms with E-state index in [0.29, 0.717) is 51.0 Å². The number of anilines is 3. The first-order valence-corrected chi connectivity index (χ1v) is 16.3. The van der Waals surface area contributed by atoms with Crippen LogP contribution in [0.25, 0.3) is 0 Å². The molecule has 1 aromatic carbocycles. The van der Waals surface area contributed by atoms with Crippen LogP contribution >= 0.6 is 0 Å². The van der Waals surface area contributed by atoms with Crippen molar-refractivity contribution in [3.8, 4) is 0 Å². The van der Waals surface area contributed by atoms with Crippen molar-refractivity contribution in [1.29, 1.82) is 0 Å². The maximum atomic E-state index is 15.5. The molecule has 3 N–H and O–H groups in total. The highest BCUT2D eigenvalue weighted by molar-refractivity contribution is 5.84. The largest absolute Gasteiger partial charge is 0.481 e. The fraction of sp³-hybridized carbons (Fsp3) is 0.636. The van der Waals surface area contributed by atoms with Gasteiger partial charge in [0.15, 0.2) is 0 Å². The molecule has 0 aliphatic carbocycles. The topological polar surface area (TPSA) is 114 Å². The number of piperazine rings is 1. The lowest BCUT2D eigenvalue weighted by Gasteiger charge is -2.48. The number of carboxylic acid groups (broad SMARTS) is 1. The molecule has 12 heteroatoms. The van der Waals surface area contributed by atoms with Crippen LogP contribution in [0.15, 0.2) is 24.5 Å². The summed E-state index contributed by atoms with van der Waals surface area (Å²) in [5.74, 6) is -0.345. The molecule has 0 unspecified atom stereocenters. The van der Waals surface area contributed by atoms with Crippen molar-refractivity contribution in [2.75, 3.05) is 60.9 Å². The molecule has 4 heterocycles. The highest BCUT2D eigenvalue weighted by Gasteiger charge is 2.42. The zero-order valence-electron chi connectivity index (χ0n) is 26.6. The monoisotopic (exact) mass is 627 g/mol. The number of hydrogen-bond acceptors (Lipinski definition) is 8. The number of unbranched alkanes of at least 4 members (excludes halogenated alkanes) is 3. The van der Waals surface area contributed by atoms with Gasteiger partial charge in [0.1, 0.15) is 29.6 Å². The molecule has 3 aliphatic heterocycles. The van der Waals surface area contributed by atoms with E-state index in [2.05, 4.69) is 44.2 Å². The minimum Gasteiger partial charge on any atom is -0.481 e. The molecule has 1 aromatic heterocycles. The van der Waals surface area contributed by atoms with Gasteiger partial charge in [-0.1, -0.05) is 26.7 Å². The van der Waals surface area contributed by atoms with Crippen molar-refractivity contribution in [2.24, 2.45) is 5.41 Å². The second kappa shape index (κ2) is 14.3. The first-order chi connectivity index (χ1) is 21.5. The summed E-state index contributed by atoms with van der Waals surface area (Å²) in [6, 6.07) is 4.50. The van der Waals surface area contributed by atoms with E-state index in [1.54, 1.807) is 4.90 Å².